The topological polar surface area (TPSA) is 78.4 Å². The first kappa shape index (κ1) is 19.4. The second kappa shape index (κ2) is 7.73. The van der Waals surface area contributed by atoms with E-state index in [0.29, 0.717) is 24.9 Å². The maximum atomic E-state index is 13.9. The van der Waals surface area contributed by atoms with Crippen molar-refractivity contribution in [3.8, 4) is 0 Å². The van der Waals surface area contributed by atoms with E-state index in [1.807, 2.05) is 24.8 Å². The summed E-state index contributed by atoms with van der Waals surface area (Å²) < 4.78 is 54.2. The molecule has 0 amide bonds. The molecule has 1 aromatic carbocycles. The molecule has 1 aliphatic rings. The lowest BCUT2D eigenvalue weighted by Crippen LogP contribution is -2.49. The van der Waals surface area contributed by atoms with Crippen LogP contribution in [0.4, 0.5) is 20.5 Å². The van der Waals surface area contributed by atoms with Gasteiger partial charge in [0.05, 0.1) is 0 Å². The third kappa shape index (κ3) is 4.01. The highest BCUT2D eigenvalue weighted by Crippen LogP contribution is 2.24. The fraction of sp³-hybridized carbons (Fsp3) is 0.412. The minimum atomic E-state index is -4.25. The van der Waals surface area contributed by atoms with Gasteiger partial charge in [-0.3, -0.25) is 0 Å². The van der Waals surface area contributed by atoms with Gasteiger partial charge in [-0.15, -0.1) is 0 Å². The first-order chi connectivity index (χ1) is 12.8. The number of nitrogens with one attached hydrogen (secondary N) is 1. The highest BCUT2D eigenvalue weighted by atomic mass is 32.2. The summed E-state index contributed by atoms with van der Waals surface area (Å²) in [5.74, 6) is -0.979. The number of halogens is 2. The van der Waals surface area contributed by atoms with Crippen molar-refractivity contribution in [2.75, 3.05) is 42.9 Å². The minimum Gasteiger partial charge on any atom is -0.370 e. The van der Waals surface area contributed by atoms with Crippen molar-refractivity contribution < 1.29 is 17.2 Å². The average Bonchev–Trinajstić information content (AvgIpc) is 2.61. The molecule has 146 valence electrons. The van der Waals surface area contributed by atoms with E-state index >= 15 is 0 Å². The molecule has 2 aromatic rings. The number of rotatable bonds is 5. The molecule has 10 heteroatoms. The predicted molar refractivity (Wildman–Crippen MR) is 98.3 cm³/mol. The van der Waals surface area contributed by atoms with Gasteiger partial charge in [0.2, 0.25) is 16.0 Å². The summed E-state index contributed by atoms with van der Waals surface area (Å²) in [6.45, 7) is 5.36. The molecule has 0 spiro atoms. The second-order valence-corrected chi connectivity index (χ2v) is 8.04. The minimum absolute atomic E-state index is 0.0873. The Labute approximate surface area is 157 Å². The number of benzene rings is 1. The maximum absolute atomic E-state index is 13.9. The lowest BCUT2D eigenvalue weighted by molar-refractivity contribution is 0.376. The molecular formula is C17H21F2N5O2S. The molecule has 2 heterocycles. The summed E-state index contributed by atoms with van der Waals surface area (Å²) in [5, 5.41) is 3.13. The Kier molecular flexibility index (Phi) is 5.56. The van der Waals surface area contributed by atoms with Crippen LogP contribution in [0.25, 0.3) is 0 Å². The Morgan fingerprint density at radius 2 is 1.74 bits per heavy atom. The zero-order chi connectivity index (χ0) is 19.6. The van der Waals surface area contributed by atoms with Crippen molar-refractivity contribution in [1.82, 2.24) is 14.3 Å². The van der Waals surface area contributed by atoms with E-state index in [2.05, 4.69) is 15.3 Å². The maximum Gasteiger partial charge on any atom is 0.249 e. The van der Waals surface area contributed by atoms with E-state index in [-0.39, 0.29) is 13.1 Å². The Balaban J connectivity index is 1.77. The summed E-state index contributed by atoms with van der Waals surface area (Å²) in [4.78, 5) is 9.79. The Bertz CT molecular complexity index is 911. The smallest absolute Gasteiger partial charge is 0.249 e. The molecule has 1 fully saturated rings. The zero-order valence-electron chi connectivity index (χ0n) is 15.1. The molecule has 27 heavy (non-hydrogen) atoms. The third-order valence-corrected chi connectivity index (χ3v) is 6.19. The zero-order valence-corrected chi connectivity index (χ0v) is 15.9. The summed E-state index contributed by atoms with van der Waals surface area (Å²) in [7, 11) is -4.25. The van der Waals surface area contributed by atoms with Crippen LogP contribution in [0.5, 0.6) is 0 Å². The molecule has 0 saturated carbocycles. The second-order valence-electron chi connectivity index (χ2n) is 6.17. The van der Waals surface area contributed by atoms with Gasteiger partial charge in [-0.25, -0.2) is 22.2 Å². The first-order valence-electron chi connectivity index (χ1n) is 8.61. The van der Waals surface area contributed by atoms with Crippen LogP contribution in [-0.4, -0.2) is 55.4 Å². The summed E-state index contributed by atoms with van der Waals surface area (Å²) in [5.41, 5.74) is 0.791. The molecule has 3 rings (SSSR count). The van der Waals surface area contributed by atoms with Crippen LogP contribution < -0.4 is 10.2 Å². The molecule has 1 saturated heterocycles. The molecule has 1 N–H and O–H groups in total. The van der Waals surface area contributed by atoms with Gasteiger partial charge in [-0.2, -0.15) is 9.29 Å². The predicted octanol–water partition coefficient (Wildman–Crippen LogP) is 2.01. The molecule has 0 atom stereocenters. The van der Waals surface area contributed by atoms with Crippen LogP contribution in [-0.2, 0) is 10.0 Å². The Morgan fingerprint density at radius 3 is 2.33 bits per heavy atom. The Hall–Kier alpha value is -2.33. The highest BCUT2D eigenvalue weighted by molar-refractivity contribution is 7.89. The summed E-state index contributed by atoms with van der Waals surface area (Å²) >= 11 is 0. The van der Waals surface area contributed by atoms with Gasteiger partial charge >= 0.3 is 0 Å². The van der Waals surface area contributed by atoms with Crippen molar-refractivity contribution in [3.63, 3.8) is 0 Å². The molecule has 1 aromatic heterocycles. The first-order valence-corrected chi connectivity index (χ1v) is 10.1. The Morgan fingerprint density at radius 1 is 1.11 bits per heavy atom. The largest absolute Gasteiger partial charge is 0.370 e. The monoisotopic (exact) mass is 397 g/mol. The SMILES string of the molecule is CCNc1cc(C)nc(N2CCN(S(=O)(=O)c3c(F)cccc3F)CC2)n1. The molecule has 0 radical (unpaired) electrons. The van der Waals surface area contributed by atoms with E-state index in [1.54, 1.807) is 0 Å². The van der Waals surface area contributed by atoms with Crippen molar-refractivity contribution >= 4 is 21.8 Å². The van der Waals surface area contributed by atoms with Gasteiger partial charge < -0.3 is 10.2 Å². The normalized spacial score (nSPS) is 15.8. The fourth-order valence-corrected chi connectivity index (χ4v) is 4.48. The van der Waals surface area contributed by atoms with Gasteiger partial charge in [-0.1, -0.05) is 6.07 Å². The van der Waals surface area contributed by atoms with Crippen LogP contribution in [0.3, 0.4) is 0 Å². The van der Waals surface area contributed by atoms with Crippen LogP contribution in [0, 0.1) is 18.6 Å². The number of piperazine rings is 1. The van der Waals surface area contributed by atoms with Crippen molar-refractivity contribution in [3.05, 3.63) is 41.6 Å². The van der Waals surface area contributed by atoms with Gasteiger partial charge in [0.15, 0.2) is 4.90 Å². The lowest BCUT2D eigenvalue weighted by Gasteiger charge is -2.34. The van der Waals surface area contributed by atoms with Crippen molar-refractivity contribution in [2.45, 2.75) is 18.7 Å². The van der Waals surface area contributed by atoms with E-state index in [9.17, 15) is 17.2 Å². The van der Waals surface area contributed by atoms with Crippen molar-refractivity contribution in [2.24, 2.45) is 0 Å². The molecule has 0 unspecified atom stereocenters. The number of sulfonamides is 1. The lowest BCUT2D eigenvalue weighted by atomic mass is 10.3. The van der Waals surface area contributed by atoms with E-state index < -0.39 is 26.6 Å². The van der Waals surface area contributed by atoms with Gasteiger partial charge in [0.1, 0.15) is 17.5 Å². The molecule has 1 aliphatic heterocycles. The summed E-state index contributed by atoms with van der Waals surface area (Å²) in [6, 6.07) is 4.84. The van der Waals surface area contributed by atoms with Crippen LogP contribution >= 0.6 is 0 Å². The standard InChI is InChI=1S/C17H21F2N5O2S/c1-3-20-15-11-12(2)21-17(22-15)23-7-9-24(10-8-23)27(25,26)16-13(18)5-4-6-14(16)19/h4-6,11H,3,7-10H2,1-2H3,(H,20,21,22). The average molecular weight is 397 g/mol. The van der Waals surface area contributed by atoms with Crippen LogP contribution in [0.1, 0.15) is 12.6 Å². The number of aryl methyl sites for hydroxylation is 1. The molecule has 0 aliphatic carbocycles. The number of hydrogen-bond acceptors (Lipinski definition) is 6. The van der Waals surface area contributed by atoms with Gasteiger partial charge in [-0.05, 0) is 26.0 Å². The van der Waals surface area contributed by atoms with Crippen LogP contribution in [0.2, 0.25) is 0 Å². The molecule has 7 nitrogen and oxygen atoms in total. The van der Waals surface area contributed by atoms with Gasteiger partial charge in [0.25, 0.3) is 0 Å². The number of anilines is 2. The van der Waals surface area contributed by atoms with Crippen LogP contribution in [0.15, 0.2) is 29.2 Å². The van der Waals surface area contributed by atoms with E-state index in [1.165, 1.54) is 0 Å². The third-order valence-electron chi connectivity index (χ3n) is 4.24. The quantitative estimate of drug-likeness (QED) is 0.832. The number of hydrogen-bond donors (Lipinski definition) is 1. The molecule has 0 bridgehead atoms. The molecular weight excluding hydrogens is 376 g/mol. The van der Waals surface area contributed by atoms with E-state index in [4.69, 9.17) is 0 Å². The number of nitrogens with zero attached hydrogens (tertiary/aromatic N) is 4. The van der Waals surface area contributed by atoms with Crippen molar-refractivity contribution in [1.29, 1.82) is 0 Å². The van der Waals surface area contributed by atoms with E-state index in [0.717, 1.165) is 34.7 Å². The summed E-state index contributed by atoms with van der Waals surface area (Å²) in [6.07, 6.45) is 0. The number of aromatic nitrogens is 2. The fourth-order valence-electron chi connectivity index (χ4n) is 2.95. The van der Waals surface area contributed by atoms with Gasteiger partial charge in [0, 0.05) is 44.5 Å². The highest BCUT2D eigenvalue weighted by Gasteiger charge is 2.33.